The SMILES string of the molecule is COc1ccc(C(C)NC2CCC2C(=O)O)cc1OC. The van der Waals surface area contributed by atoms with Crippen LogP contribution in [0.1, 0.15) is 31.4 Å². The summed E-state index contributed by atoms with van der Waals surface area (Å²) >= 11 is 0. The Kier molecular flexibility index (Phi) is 4.49. The highest BCUT2D eigenvalue weighted by Crippen LogP contribution is 2.33. The molecular weight excluding hydrogens is 258 g/mol. The third-order valence-electron chi connectivity index (χ3n) is 3.96. The van der Waals surface area contributed by atoms with Gasteiger partial charge in [0, 0.05) is 12.1 Å². The van der Waals surface area contributed by atoms with Crippen LogP contribution in [0.4, 0.5) is 0 Å². The van der Waals surface area contributed by atoms with Crippen molar-refractivity contribution in [1.29, 1.82) is 0 Å². The van der Waals surface area contributed by atoms with E-state index in [0.29, 0.717) is 11.5 Å². The lowest BCUT2D eigenvalue weighted by Gasteiger charge is -2.36. The fraction of sp³-hybridized carbons (Fsp3) is 0.533. The first kappa shape index (κ1) is 14.7. The van der Waals surface area contributed by atoms with E-state index in [1.807, 2.05) is 25.1 Å². The van der Waals surface area contributed by atoms with Gasteiger partial charge in [-0.2, -0.15) is 0 Å². The number of benzene rings is 1. The van der Waals surface area contributed by atoms with Crippen LogP contribution in [-0.4, -0.2) is 31.3 Å². The van der Waals surface area contributed by atoms with Crippen LogP contribution in [0.5, 0.6) is 11.5 Å². The summed E-state index contributed by atoms with van der Waals surface area (Å²) in [7, 11) is 3.21. The Hall–Kier alpha value is -1.75. The van der Waals surface area contributed by atoms with E-state index in [1.54, 1.807) is 14.2 Å². The lowest BCUT2D eigenvalue weighted by Crippen LogP contribution is -2.48. The van der Waals surface area contributed by atoms with Crippen molar-refractivity contribution in [3.05, 3.63) is 23.8 Å². The molecule has 0 radical (unpaired) electrons. The van der Waals surface area contributed by atoms with Gasteiger partial charge in [-0.3, -0.25) is 4.79 Å². The van der Waals surface area contributed by atoms with E-state index in [0.717, 1.165) is 18.4 Å². The lowest BCUT2D eigenvalue weighted by molar-refractivity contribution is -0.146. The van der Waals surface area contributed by atoms with Gasteiger partial charge in [0.2, 0.25) is 0 Å². The van der Waals surface area contributed by atoms with Gasteiger partial charge in [-0.25, -0.2) is 0 Å². The standard InChI is InChI=1S/C15H21NO4/c1-9(16-12-6-5-11(12)15(17)18)10-4-7-13(19-2)14(8-10)20-3/h4,7-9,11-12,16H,5-6H2,1-3H3,(H,17,18). The van der Waals surface area contributed by atoms with Gasteiger partial charge in [-0.05, 0) is 37.5 Å². The fourth-order valence-electron chi connectivity index (χ4n) is 2.53. The predicted molar refractivity (Wildman–Crippen MR) is 75.2 cm³/mol. The van der Waals surface area contributed by atoms with Crippen LogP contribution in [0, 0.1) is 5.92 Å². The average Bonchev–Trinajstić information content (AvgIpc) is 2.41. The molecule has 1 saturated carbocycles. The molecule has 0 saturated heterocycles. The smallest absolute Gasteiger partial charge is 0.308 e. The quantitative estimate of drug-likeness (QED) is 0.835. The molecular formula is C15H21NO4. The van der Waals surface area contributed by atoms with Crippen molar-refractivity contribution < 1.29 is 19.4 Å². The molecule has 0 bridgehead atoms. The molecule has 3 unspecified atom stereocenters. The molecule has 1 fully saturated rings. The molecule has 1 aliphatic rings. The minimum atomic E-state index is -0.715. The van der Waals surface area contributed by atoms with Crippen molar-refractivity contribution in [2.24, 2.45) is 5.92 Å². The Morgan fingerprint density at radius 3 is 2.50 bits per heavy atom. The van der Waals surface area contributed by atoms with Gasteiger partial charge in [0.25, 0.3) is 0 Å². The highest BCUT2D eigenvalue weighted by Gasteiger charge is 2.37. The van der Waals surface area contributed by atoms with Crippen LogP contribution in [0.2, 0.25) is 0 Å². The molecule has 0 aromatic heterocycles. The average molecular weight is 279 g/mol. The van der Waals surface area contributed by atoms with Gasteiger partial charge < -0.3 is 19.9 Å². The second-order valence-electron chi connectivity index (χ2n) is 5.13. The lowest BCUT2D eigenvalue weighted by atomic mass is 9.79. The second-order valence-corrected chi connectivity index (χ2v) is 5.13. The normalized spacial score (nSPS) is 22.8. The monoisotopic (exact) mass is 279 g/mol. The highest BCUT2D eigenvalue weighted by atomic mass is 16.5. The molecule has 2 rings (SSSR count). The zero-order valence-corrected chi connectivity index (χ0v) is 12.1. The molecule has 0 heterocycles. The van der Waals surface area contributed by atoms with E-state index >= 15 is 0 Å². The van der Waals surface area contributed by atoms with Crippen LogP contribution >= 0.6 is 0 Å². The number of carbonyl (C=O) groups is 1. The third-order valence-corrected chi connectivity index (χ3v) is 3.96. The molecule has 0 spiro atoms. The summed E-state index contributed by atoms with van der Waals surface area (Å²) in [6, 6.07) is 5.87. The molecule has 0 aliphatic heterocycles. The number of ether oxygens (including phenoxy) is 2. The van der Waals surface area contributed by atoms with E-state index in [2.05, 4.69) is 5.32 Å². The molecule has 3 atom stereocenters. The maximum atomic E-state index is 11.0. The summed E-state index contributed by atoms with van der Waals surface area (Å²) in [6.07, 6.45) is 1.67. The molecule has 2 N–H and O–H groups in total. The van der Waals surface area contributed by atoms with Crippen molar-refractivity contribution in [2.75, 3.05) is 14.2 Å². The maximum Gasteiger partial charge on any atom is 0.308 e. The largest absolute Gasteiger partial charge is 0.493 e. The number of methoxy groups -OCH3 is 2. The van der Waals surface area contributed by atoms with Gasteiger partial charge >= 0.3 is 5.97 Å². The van der Waals surface area contributed by atoms with Crippen LogP contribution in [-0.2, 0) is 4.79 Å². The Labute approximate surface area is 118 Å². The zero-order valence-electron chi connectivity index (χ0n) is 12.1. The zero-order chi connectivity index (χ0) is 14.7. The van der Waals surface area contributed by atoms with Crippen LogP contribution in [0.25, 0.3) is 0 Å². The Morgan fingerprint density at radius 2 is 2.00 bits per heavy atom. The Morgan fingerprint density at radius 1 is 1.30 bits per heavy atom. The van der Waals surface area contributed by atoms with Crippen LogP contribution < -0.4 is 14.8 Å². The van der Waals surface area contributed by atoms with Gasteiger partial charge in [-0.15, -0.1) is 0 Å². The highest BCUT2D eigenvalue weighted by molar-refractivity contribution is 5.72. The van der Waals surface area contributed by atoms with Crippen molar-refractivity contribution in [3.8, 4) is 11.5 Å². The van der Waals surface area contributed by atoms with E-state index in [1.165, 1.54) is 0 Å². The fourth-order valence-corrected chi connectivity index (χ4v) is 2.53. The molecule has 110 valence electrons. The first-order valence-electron chi connectivity index (χ1n) is 6.77. The Bertz CT molecular complexity index is 489. The second kappa shape index (κ2) is 6.13. The number of carboxylic acids is 1. The van der Waals surface area contributed by atoms with Crippen LogP contribution in [0.15, 0.2) is 18.2 Å². The summed E-state index contributed by atoms with van der Waals surface area (Å²) in [5.74, 6) is 0.392. The maximum absolute atomic E-state index is 11.0. The van der Waals surface area contributed by atoms with Gasteiger partial charge in [0.05, 0.1) is 20.1 Å². The summed E-state index contributed by atoms with van der Waals surface area (Å²) in [6.45, 7) is 2.03. The molecule has 5 nitrogen and oxygen atoms in total. The number of hydrogen-bond acceptors (Lipinski definition) is 4. The van der Waals surface area contributed by atoms with E-state index in [9.17, 15) is 4.79 Å². The summed E-state index contributed by atoms with van der Waals surface area (Å²) in [5, 5.41) is 12.4. The number of aliphatic carboxylic acids is 1. The van der Waals surface area contributed by atoms with E-state index in [-0.39, 0.29) is 18.0 Å². The van der Waals surface area contributed by atoms with Gasteiger partial charge in [0.15, 0.2) is 11.5 Å². The summed E-state index contributed by atoms with van der Waals surface area (Å²) in [4.78, 5) is 11.0. The van der Waals surface area contributed by atoms with Crippen molar-refractivity contribution in [1.82, 2.24) is 5.32 Å². The molecule has 20 heavy (non-hydrogen) atoms. The number of rotatable bonds is 6. The number of carboxylic acid groups (broad SMARTS) is 1. The molecule has 1 aliphatic carbocycles. The summed E-state index contributed by atoms with van der Waals surface area (Å²) in [5.41, 5.74) is 1.05. The van der Waals surface area contributed by atoms with Crippen LogP contribution in [0.3, 0.4) is 0 Å². The summed E-state index contributed by atoms with van der Waals surface area (Å²) < 4.78 is 10.5. The minimum Gasteiger partial charge on any atom is -0.493 e. The number of hydrogen-bond donors (Lipinski definition) is 2. The van der Waals surface area contributed by atoms with E-state index in [4.69, 9.17) is 14.6 Å². The molecule has 5 heteroatoms. The van der Waals surface area contributed by atoms with Crippen molar-refractivity contribution in [3.63, 3.8) is 0 Å². The van der Waals surface area contributed by atoms with Crippen molar-refractivity contribution >= 4 is 5.97 Å². The first-order chi connectivity index (χ1) is 9.56. The Balaban J connectivity index is 2.05. The number of nitrogens with one attached hydrogen (secondary N) is 1. The van der Waals surface area contributed by atoms with Gasteiger partial charge in [-0.1, -0.05) is 6.07 Å². The van der Waals surface area contributed by atoms with Crippen molar-refractivity contribution in [2.45, 2.75) is 31.8 Å². The van der Waals surface area contributed by atoms with Gasteiger partial charge in [0.1, 0.15) is 0 Å². The minimum absolute atomic E-state index is 0.0515. The first-order valence-corrected chi connectivity index (χ1v) is 6.77. The molecule has 0 amide bonds. The van der Waals surface area contributed by atoms with E-state index < -0.39 is 5.97 Å². The topological polar surface area (TPSA) is 67.8 Å². The molecule has 1 aromatic carbocycles. The molecule has 1 aromatic rings. The predicted octanol–water partition coefficient (Wildman–Crippen LogP) is 2.22. The third kappa shape index (κ3) is 2.88.